The van der Waals surface area contributed by atoms with Crippen molar-refractivity contribution in [2.45, 2.75) is 38.6 Å². The summed E-state index contributed by atoms with van der Waals surface area (Å²) in [5.74, 6) is -0.297. The Morgan fingerprint density at radius 3 is 2.29 bits per heavy atom. The number of sulfonamides is 1. The van der Waals surface area contributed by atoms with Crippen molar-refractivity contribution in [2.75, 3.05) is 17.5 Å². The van der Waals surface area contributed by atoms with E-state index in [9.17, 15) is 18.0 Å². The molecule has 3 aromatic carbocycles. The van der Waals surface area contributed by atoms with Crippen molar-refractivity contribution in [3.8, 4) is 5.75 Å². The van der Waals surface area contributed by atoms with E-state index in [1.54, 1.807) is 61.5 Å². The molecule has 0 radical (unpaired) electrons. The maximum atomic E-state index is 13.5. The molecule has 0 unspecified atom stereocenters. The Bertz CT molecular complexity index is 1390. The highest BCUT2D eigenvalue weighted by Gasteiger charge is 2.28. The van der Waals surface area contributed by atoms with Gasteiger partial charge in [0.1, 0.15) is 12.3 Å². The first-order chi connectivity index (χ1) is 18.1. The summed E-state index contributed by atoms with van der Waals surface area (Å²) in [6, 6.07) is 20.2. The molecule has 200 valence electrons. The number of rotatable bonds is 11. The molecule has 9 nitrogen and oxygen atoms in total. The lowest BCUT2D eigenvalue weighted by molar-refractivity contribution is -0.123. The third kappa shape index (κ3) is 7.91. The highest BCUT2D eigenvalue weighted by Crippen LogP contribution is 2.27. The number of hydrazone groups is 1. The largest absolute Gasteiger partial charge is 0.484 e. The molecule has 38 heavy (non-hydrogen) atoms. The predicted octanol–water partition coefficient (Wildman–Crippen LogP) is 3.55. The quantitative estimate of drug-likeness (QED) is 0.287. The molecule has 0 heterocycles. The monoisotopic (exact) mass is 536 g/mol. The molecular weight excluding hydrogens is 504 g/mol. The van der Waals surface area contributed by atoms with Crippen molar-refractivity contribution < 1.29 is 22.7 Å². The number of amides is 2. The normalized spacial score (nSPS) is 11.4. The summed E-state index contributed by atoms with van der Waals surface area (Å²) in [6.45, 7) is 6.91. The highest BCUT2D eigenvalue weighted by atomic mass is 32.2. The van der Waals surface area contributed by atoms with Crippen LogP contribution in [0, 0.1) is 13.8 Å². The molecule has 0 aliphatic rings. The first kappa shape index (κ1) is 28.4. The average Bonchev–Trinajstić information content (AvgIpc) is 2.87. The van der Waals surface area contributed by atoms with E-state index in [4.69, 9.17) is 4.74 Å². The third-order valence-corrected chi connectivity index (χ3v) is 7.12. The SMILES string of the molecule is Cc1ccc(N(CC(=O)N/N=C\c2ccc(OCC(=O)NC(C)C)cc2)S(=O)(=O)c2ccccc2)c(C)c1. The molecule has 0 saturated heterocycles. The number of aryl methyl sites for hydroxylation is 2. The summed E-state index contributed by atoms with van der Waals surface area (Å²) in [4.78, 5) is 24.6. The summed E-state index contributed by atoms with van der Waals surface area (Å²) in [5.41, 5.74) is 5.19. The summed E-state index contributed by atoms with van der Waals surface area (Å²) in [6.07, 6.45) is 1.43. The van der Waals surface area contributed by atoms with Gasteiger partial charge in [0.15, 0.2) is 6.61 Å². The van der Waals surface area contributed by atoms with Gasteiger partial charge in [-0.25, -0.2) is 13.8 Å². The summed E-state index contributed by atoms with van der Waals surface area (Å²) >= 11 is 0. The molecule has 0 aliphatic carbocycles. The van der Waals surface area contributed by atoms with Gasteiger partial charge in [-0.05, 0) is 81.3 Å². The smallest absolute Gasteiger partial charge is 0.264 e. The topological polar surface area (TPSA) is 117 Å². The lowest BCUT2D eigenvalue weighted by Crippen LogP contribution is -2.40. The van der Waals surface area contributed by atoms with Gasteiger partial charge in [-0.3, -0.25) is 13.9 Å². The van der Waals surface area contributed by atoms with Gasteiger partial charge in [-0.1, -0.05) is 35.9 Å². The molecule has 0 aliphatic heterocycles. The van der Waals surface area contributed by atoms with Crippen LogP contribution >= 0.6 is 0 Å². The zero-order chi connectivity index (χ0) is 27.7. The van der Waals surface area contributed by atoms with Gasteiger partial charge in [0.25, 0.3) is 21.8 Å². The van der Waals surface area contributed by atoms with Crippen LogP contribution in [-0.4, -0.2) is 45.6 Å². The Labute approximate surface area is 223 Å². The lowest BCUT2D eigenvalue weighted by atomic mass is 10.1. The van der Waals surface area contributed by atoms with Gasteiger partial charge in [0.05, 0.1) is 16.8 Å². The molecule has 0 aromatic heterocycles. The van der Waals surface area contributed by atoms with E-state index in [2.05, 4.69) is 15.8 Å². The Morgan fingerprint density at radius 1 is 0.974 bits per heavy atom. The minimum Gasteiger partial charge on any atom is -0.484 e. The molecule has 0 saturated carbocycles. The van der Waals surface area contributed by atoms with E-state index in [-0.39, 0.29) is 23.5 Å². The number of nitrogens with one attached hydrogen (secondary N) is 2. The number of nitrogens with zero attached hydrogens (tertiary/aromatic N) is 2. The number of carbonyl (C=O) groups is 2. The summed E-state index contributed by atoms with van der Waals surface area (Å²) in [7, 11) is -4.01. The van der Waals surface area contributed by atoms with E-state index in [1.807, 2.05) is 26.8 Å². The second kappa shape index (κ2) is 12.9. The molecule has 0 bridgehead atoms. The van der Waals surface area contributed by atoms with Crippen LogP contribution in [0.5, 0.6) is 5.75 Å². The fourth-order valence-electron chi connectivity index (χ4n) is 3.61. The van der Waals surface area contributed by atoms with Crippen molar-refractivity contribution >= 4 is 33.7 Å². The third-order valence-electron chi connectivity index (χ3n) is 5.34. The molecule has 3 aromatic rings. The fourth-order valence-corrected chi connectivity index (χ4v) is 5.12. The number of carbonyl (C=O) groups excluding carboxylic acids is 2. The molecular formula is C28H32N4O5S. The van der Waals surface area contributed by atoms with E-state index < -0.39 is 22.5 Å². The number of anilines is 1. The van der Waals surface area contributed by atoms with Crippen LogP contribution in [0.25, 0.3) is 0 Å². The van der Waals surface area contributed by atoms with Gasteiger partial charge < -0.3 is 10.1 Å². The van der Waals surface area contributed by atoms with Gasteiger partial charge in [-0.15, -0.1) is 0 Å². The second-order valence-electron chi connectivity index (χ2n) is 8.99. The zero-order valence-corrected chi connectivity index (χ0v) is 22.7. The lowest BCUT2D eigenvalue weighted by Gasteiger charge is -2.25. The summed E-state index contributed by atoms with van der Waals surface area (Å²) in [5, 5.41) is 6.71. The fraction of sp³-hybridized carbons (Fsp3) is 0.250. The maximum Gasteiger partial charge on any atom is 0.264 e. The van der Waals surface area contributed by atoms with Gasteiger partial charge >= 0.3 is 0 Å². The van der Waals surface area contributed by atoms with Crippen molar-refractivity contribution in [1.29, 1.82) is 0 Å². The van der Waals surface area contributed by atoms with E-state index in [0.29, 0.717) is 17.0 Å². The van der Waals surface area contributed by atoms with E-state index >= 15 is 0 Å². The summed E-state index contributed by atoms with van der Waals surface area (Å²) < 4.78 is 33.4. The van der Waals surface area contributed by atoms with Crippen LogP contribution in [0.2, 0.25) is 0 Å². The molecule has 10 heteroatoms. The number of ether oxygens (including phenoxy) is 1. The number of benzene rings is 3. The highest BCUT2D eigenvalue weighted by molar-refractivity contribution is 7.92. The first-order valence-electron chi connectivity index (χ1n) is 12.1. The van der Waals surface area contributed by atoms with E-state index in [1.165, 1.54) is 18.3 Å². The predicted molar refractivity (Wildman–Crippen MR) is 148 cm³/mol. The van der Waals surface area contributed by atoms with Crippen LogP contribution < -0.4 is 19.8 Å². The Hall–Kier alpha value is -4.18. The molecule has 0 atom stereocenters. The minimum absolute atomic E-state index is 0.0336. The molecule has 0 spiro atoms. The van der Waals surface area contributed by atoms with Crippen LogP contribution in [-0.2, 0) is 19.6 Å². The van der Waals surface area contributed by atoms with Crippen molar-refractivity contribution in [1.82, 2.24) is 10.7 Å². The Kier molecular flexibility index (Phi) is 9.61. The number of hydrogen-bond donors (Lipinski definition) is 2. The van der Waals surface area contributed by atoms with Gasteiger partial charge in [0.2, 0.25) is 0 Å². The Balaban J connectivity index is 1.68. The van der Waals surface area contributed by atoms with Crippen LogP contribution in [0.15, 0.2) is 82.8 Å². The van der Waals surface area contributed by atoms with Crippen LogP contribution in [0.4, 0.5) is 5.69 Å². The average molecular weight is 537 g/mol. The number of hydrogen-bond acceptors (Lipinski definition) is 6. The van der Waals surface area contributed by atoms with Gasteiger partial charge in [0, 0.05) is 6.04 Å². The molecule has 2 amide bonds. The van der Waals surface area contributed by atoms with E-state index in [0.717, 1.165) is 15.4 Å². The first-order valence-corrected chi connectivity index (χ1v) is 13.5. The Morgan fingerprint density at radius 2 is 1.66 bits per heavy atom. The standard InChI is InChI=1S/C28H32N4O5S/c1-20(2)30-28(34)19-37-24-13-11-23(12-14-24)17-29-31-27(33)18-32(26-15-10-21(3)16-22(26)4)38(35,36)25-8-6-5-7-9-25/h5-17,20H,18-19H2,1-4H3,(H,30,34)(H,31,33)/b29-17-. The van der Waals surface area contributed by atoms with Gasteiger partial charge in [-0.2, -0.15) is 5.10 Å². The van der Waals surface area contributed by atoms with Crippen LogP contribution in [0.1, 0.15) is 30.5 Å². The molecule has 0 fully saturated rings. The zero-order valence-electron chi connectivity index (χ0n) is 21.8. The molecule has 2 N–H and O–H groups in total. The van der Waals surface area contributed by atoms with Crippen molar-refractivity contribution in [3.05, 3.63) is 89.5 Å². The molecule has 3 rings (SSSR count). The van der Waals surface area contributed by atoms with Crippen molar-refractivity contribution in [2.24, 2.45) is 5.10 Å². The van der Waals surface area contributed by atoms with Crippen molar-refractivity contribution in [3.63, 3.8) is 0 Å². The minimum atomic E-state index is -4.01. The van der Waals surface area contributed by atoms with Crippen LogP contribution in [0.3, 0.4) is 0 Å². The maximum absolute atomic E-state index is 13.5. The second-order valence-corrected chi connectivity index (χ2v) is 10.9.